The van der Waals surface area contributed by atoms with Gasteiger partial charge in [-0.3, -0.25) is 10.2 Å². The highest BCUT2D eigenvalue weighted by molar-refractivity contribution is 7.21. The van der Waals surface area contributed by atoms with Crippen LogP contribution in [0.4, 0.5) is 5.13 Å². The van der Waals surface area contributed by atoms with Gasteiger partial charge >= 0.3 is 0 Å². The van der Waals surface area contributed by atoms with Gasteiger partial charge in [0.2, 0.25) is 0 Å². The summed E-state index contributed by atoms with van der Waals surface area (Å²) in [5.74, 6) is 0.612. The third-order valence-electron chi connectivity index (χ3n) is 4.91. The first-order chi connectivity index (χ1) is 10.8. The van der Waals surface area contributed by atoms with Gasteiger partial charge in [-0.1, -0.05) is 11.3 Å². The van der Waals surface area contributed by atoms with Crippen LogP contribution in [0.5, 0.6) is 0 Å². The minimum Gasteiger partial charge on any atom is -0.455 e. The summed E-state index contributed by atoms with van der Waals surface area (Å²) in [5, 5.41) is 4.04. The average molecular weight is 315 g/mol. The van der Waals surface area contributed by atoms with Crippen LogP contribution in [0.1, 0.15) is 12.8 Å². The molecule has 114 valence electrons. The minimum absolute atomic E-state index is 0.103. The first kappa shape index (κ1) is 12.8. The molecule has 0 aliphatic carbocycles. The number of ether oxygens (including phenoxy) is 1. The topological polar surface area (TPSA) is 62.6 Å². The Morgan fingerprint density at radius 1 is 1.45 bits per heavy atom. The fourth-order valence-electron chi connectivity index (χ4n) is 3.87. The fourth-order valence-corrected chi connectivity index (χ4v) is 4.67. The van der Waals surface area contributed by atoms with Gasteiger partial charge in [0.25, 0.3) is 6.02 Å². The Balaban J connectivity index is 1.35. The van der Waals surface area contributed by atoms with Crippen LogP contribution in [-0.2, 0) is 4.74 Å². The number of aliphatic imine (C=N–C) groups is 1. The molecule has 22 heavy (non-hydrogen) atoms. The van der Waals surface area contributed by atoms with Crippen LogP contribution in [0.2, 0.25) is 0 Å². The zero-order chi connectivity index (χ0) is 14.6. The van der Waals surface area contributed by atoms with Crippen molar-refractivity contribution in [2.75, 3.05) is 31.5 Å². The van der Waals surface area contributed by atoms with Crippen molar-refractivity contribution in [3.05, 3.63) is 18.3 Å². The van der Waals surface area contributed by atoms with Crippen LogP contribution in [0.3, 0.4) is 0 Å². The van der Waals surface area contributed by atoms with E-state index < -0.39 is 0 Å². The Morgan fingerprint density at radius 2 is 2.45 bits per heavy atom. The monoisotopic (exact) mass is 315 g/mol. The highest BCUT2D eigenvalue weighted by Gasteiger charge is 2.53. The Morgan fingerprint density at radius 3 is 3.36 bits per heavy atom. The standard InChI is InChI=1S/C15H17N5OS/c1-4-11-12(16-5-1)22-14(18-11)19-13-17-8-15(21-13)9-20-6-2-3-10(15)7-20/h1,4-5,10H,2-3,6-9H2,(H,17,18,19)/t10-,15+/m0/s1. The molecule has 5 heterocycles. The first-order valence-electron chi connectivity index (χ1n) is 7.75. The van der Waals surface area contributed by atoms with E-state index in [0.29, 0.717) is 11.9 Å². The number of nitrogens with one attached hydrogen (secondary N) is 1. The molecule has 1 N–H and O–H groups in total. The predicted molar refractivity (Wildman–Crippen MR) is 86.3 cm³/mol. The second-order valence-electron chi connectivity index (χ2n) is 6.33. The van der Waals surface area contributed by atoms with E-state index in [9.17, 15) is 0 Å². The summed E-state index contributed by atoms with van der Waals surface area (Å²) in [5.41, 5.74) is 0.805. The fraction of sp³-hybridized carbons (Fsp3) is 0.533. The van der Waals surface area contributed by atoms with Crippen molar-refractivity contribution in [1.29, 1.82) is 0 Å². The van der Waals surface area contributed by atoms with Gasteiger partial charge in [-0.25, -0.2) is 15.0 Å². The number of thiazole rings is 1. The van der Waals surface area contributed by atoms with Crippen LogP contribution >= 0.6 is 11.3 Å². The molecule has 6 nitrogen and oxygen atoms in total. The molecule has 0 radical (unpaired) electrons. The highest BCUT2D eigenvalue weighted by Crippen LogP contribution is 2.40. The lowest BCUT2D eigenvalue weighted by atomic mass is 9.87. The van der Waals surface area contributed by atoms with E-state index >= 15 is 0 Å². The van der Waals surface area contributed by atoms with Crippen molar-refractivity contribution in [3.63, 3.8) is 0 Å². The molecule has 0 aromatic carbocycles. The van der Waals surface area contributed by atoms with E-state index in [1.165, 1.54) is 30.7 Å². The third-order valence-corrected chi connectivity index (χ3v) is 5.81. The molecule has 5 rings (SSSR count). The SMILES string of the molecule is c1cnc2sc(NC3=NC[C@]4(CN5CCC[C@H]4C5)O3)nc2c1. The quantitative estimate of drug-likeness (QED) is 0.871. The first-order valence-corrected chi connectivity index (χ1v) is 8.57. The minimum atomic E-state index is -0.103. The van der Waals surface area contributed by atoms with Gasteiger partial charge in [0.15, 0.2) is 5.13 Å². The number of fused-ring (bicyclic) bond motifs is 4. The van der Waals surface area contributed by atoms with Crippen molar-refractivity contribution < 1.29 is 4.74 Å². The maximum absolute atomic E-state index is 6.27. The molecule has 7 heteroatoms. The van der Waals surface area contributed by atoms with Crippen LogP contribution in [0.15, 0.2) is 23.3 Å². The Labute approximate surface area is 132 Å². The summed E-state index contributed by atoms with van der Waals surface area (Å²) in [7, 11) is 0. The van der Waals surface area contributed by atoms with Gasteiger partial charge in [0, 0.05) is 25.2 Å². The van der Waals surface area contributed by atoms with Crippen LogP contribution in [-0.4, -0.2) is 52.7 Å². The van der Waals surface area contributed by atoms with E-state index in [4.69, 9.17) is 4.74 Å². The number of rotatable bonds is 1. The van der Waals surface area contributed by atoms with E-state index in [-0.39, 0.29) is 5.60 Å². The van der Waals surface area contributed by atoms with Crippen molar-refractivity contribution in [3.8, 4) is 0 Å². The van der Waals surface area contributed by atoms with E-state index in [1.807, 2.05) is 12.1 Å². The van der Waals surface area contributed by atoms with Crippen LogP contribution in [0, 0.1) is 5.92 Å². The second kappa shape index (κ2) is 4.63. The van der Waals surface area contributed by atoms with Crippen LogP contribution < -0.4 is 5.32 Å². The lowest BCUT2D eigenvalue weighted by Crippen LogP contribution is -2.41. The lowest BCUT2D eigenvalue weighted by molar-refractivity contribution is 0.0588. The zero-order valence-corrected chi connectivity index (χ0v) is 13.0. The molecule has 2 bridgehead atoms. The molecule has 1 spiro atoms. The summed E-state index contributed by atoms with van der Waals surface area (Å²) < 4.78 is 6.27. The Bertz CT molecular complexity index is 726. The maximum Gasteiger partial charge on any atom is 0.291 e. The van der Waals surface area contributed by atoms with Gasteiger partial charge in [0.1, 0.15) is 15.9 Å². The predicted octanol–water partition coefficient (Wildman–Crippen LogP) is 1.95. The molecule has 2 saturated heterocycles. The molecular weight excluding hydrogens is 298 g/mol. The smallest absolute Gasteiger partial charge is 0.291 e. The van der Waals surface area contributed by atoms with Crippen LogP contribution in [0.25, 0.3) is 10.3 Å². The zero-order valence-electron chi connectivity index (χ0n) is 12.2. The molecule has 0 saturated carbocycles. The molecule has 2 aromatic heterocycles. The molecule has 3 atom stereocenters. The molecule has 3 aliphatic heterocycles. The summed E-state index contributed by atoms with van der Waals surface area (Å²) in [6.07, 6.45) is 4.32. The number of aromatic nitrogens is 2. The van der Waals surface area contributed by atoms with E-state index in [1.54, 1.807) is 6.20 Å². The number of anilines is 1. The van der Waals surface area contributed by atoms with Gasteiger partial charge < -0.3 is 4.74 Å². The summed E-state index contributed by atoms with van der Waals surface area (Å²) >= 11 is 1.53. The average Bonchev–Trinajstić information content (AvgIpc) is 3.17. The maximum atomic E-state index is 6.27. The normalized spacial score (nSPS) is 33.2. The van der Waals surface area contributed by atoms with Crippen molar-refractivity contribution in [2.24, 2.45) is 10.9 Å². The number of piperidine rings is 1. The number of nitrogens with zero attached hydrogens (tertiary/aromatic N) is 4. The number of hydrogen-bond acceptors (Lipinski definition) is 7. The van der Waals surface area contributed by atoms with Gasteiger partial charge in [-0.15, -0.1) is 0 Å². The molecule has 1 unspecified atom stereocenters. The summed E-state index contributed by atoms with van der Waals surface area (Å²) in [6.45, 7) is 4.13. The largest absolute Gasteiger partial charge is 0.455 e. The van der Waals surface area contributed by atoms with Crippen molar-refractivity contribution in [1.82, 2.24) is 14.9 Å². The number of amidine groups is 1. The summed E-state index contributed by atoms with van der Waals surface area (Å²) in [4.78, 5) is 16.9. The van der Waals surface area contributed by atoms with Crippen molar-refractivity contribution >= 4 is 32.8 Å². The second-order valence-corrected chi connectivity index (χ2v) is 7.31. The van der Waals surface area contributed by atoms with Gasteiger partial charge in [-0.05, 0) is 31.5 Å². The molecule has 2 aromatic rings. The lowest BCUT2D eigenvalue weighted by Gasteiger charge is -2.28. The molecule has 0 amide bonds. The van der Waals surface area contributed by atoms with E-state index in [0.717, 1.165) is 35.1 Å². The third kappa shape index (κ3) is 1.92. The van der Waals surface area contributed by atoms with Gasteiger partial charge in [-0.2, -0.15) is 0 Å². The Hall–Kier alpha value is -1.73. The van der Waals surface area contributed by atoms with E-state index in [2.05, 4.69) is 25.2 Å². The molecular formula is C15H17N5OS. The van der Waals surface area contributed by atoms with Crippen molar-refractivity contribution in [2.45, 2.75) is 18.4 Å². The molecule has 3 aliphatic rings. The molecule has 2 fully saturated rings. The Kier molecular flexibility index (Phi) is 2.69. The number of pyridine rings is 1. The highest BCUT2D eigenvalue weighted by atomic mass is 32.1. The summed E-state index contributed by atoms with van der Waals surface area (Å²) in [6, 6.07) is 4.49. The van der Waals surface area contributed by atoms with Gasteiger partial charge in [0.05, 0.1) is 6.54 Å². The number of hydrogen-bond donors (Lipinski definition) is 1.